The lowest BCUT2D eigenvalue weighted by Gasteiger charge is -2.37. The maximum atomic E-state index is 5.93. The largest absolute Gasteiger partial charge is 0.352 e. The zero-order valence-corrected chi connectivity index (χ0v) is 18.8. The van der Waals surface area contributed by atoms with Crippen LogP contribution in [0.25, 0.3) is 50.3 Å². The normalized spacial score (nSPS) is 14.2. The van der Waals surface area contributed by atoms with Crippen molar-refractivity contribution in [2.75, 3.05) is 18.0 Å². The summed E-state index contributed by atoms with van der Waals surface area (Å²) >= 11 is 0. The van der Waals surface area contributed by atoms with Crippen LogP contribution in [0.15, 0.2) is 55.6 Å². The van der Waals surface area contributed by atoms with Gasteiger partial charge in [0.2, 0.25) is 0 Å². The topological polar surface area (TPSA) is 143 Å². The summed E-state index contributed by atoms with van der Waals surface area (Å²) in [5, 5.41) is 9.64. The molecule has 0 saturated carbocycles. The Morgan fingerprint density at radius 2 is 1.83 bits per heavy atom. The molecule has 0 unspecified atom stereocenters. The summed E-state index contributed by atoms with van der Waals surface area (Å²) in [6, 6.07) is 4.27. The second-order valence-corrected chi connectivity index (χ2v) is 8.84. The maximum Gasteiger partial charge on any atom is 0.147 e. The van der Waals surface area contributed by atoms with Crippen LogP contribution in [0.1, 0.15) is 5.69 Å². The highest BCUT2D eigenvalue weighted by molar-refractivity contribution is 5.98. The average molecular weight is 464 g/mol. The lowest BCUT2D eigenvalue weighted by molar-refractivity contribution is 0.514. The van der Waals surface area contributed by atoms with Gasteiger partial charge in [-0.25, -0.2) is 9.97 Å². The molecule has 0 bridgehead atoms. The van der Waals surface area contributed by atoms with Crippen LogP contribution in [0, 0.1) is 6.92 Å². The monoisotopic (exact) mass is 463 g/mol. The van der Waals surface area contributed by atoms with Gasteiger partial charge in [-0.1, -0.05) is 0 Å². The Morgan fingerprint density at radius 1 is 0.943 bits per heavy atom. The van der Waals surface area contributed by atoms with Crippen LogP contribution >= 0.6 is 0 Å². The summed E-state index contributed by atoms with van der Waals surface area (Å²) in [4.78, 5) is 28.1. The number of anilines is 1. The van der Waals surface area contributed by atoms with Gasteiger partial charge < -0.3 is 20.2 Å². The fourth-order valence-corrected chi connectivity index (χ4v) is 4.52. The number of aromatic amines is 2. The molecule has 0 spiro atoms. The molecule has 0 aliphatic carbocycles. The van der Waals surface area contributed by atoms with Gasteiger partial charge in [0.1, 0.15) is 17.2 Å². The number of hydrogen-bond acceptors (Lipinski definition) is 8. The molecule has 6 aromatic rings. The van der Waals surface area contributed by atoms with E-state index in [4.69, 9.17) is 10.7 Å². The molecule has 35 heavy (non-hydrogen) atoms. The standard InChI is InChI=1S/C24H21N11/c1-13-9-35(12-29-13)22-7-26-4-19-15(22)2-18(30-19)24-16-3-17(28-6-20(16)32-33-24)21-5-27-8-23(31-21)34-10-14(25)11-34/h2-9,12,14,30H,10-11,25H2,1H3,(H,32,33). The maximum absolute atomic E-state index is 5.93. The lowest BCUT2D eigenvalue weighted by Crippen LogP contribution is -2.56. The summed E-state index contributed by atoms with van der Waals surface area (Å²) in [7, 11) is 0. The quantitative estimate of drug-likeness (QED) is 0.362. The van der Waals surface area contributed by atoms with Crippen molar-refractivity contribution in [2.24, 2.45) is 5.73 Å². The first-order valence-electron chi connectivity index (χ1n) is 11.3. The van der Waals surface area contributed by atoms with E-state index in [0.29, 0.717) is 5.69 Å². The number of H-pyrrole nitrogens is 2. The predicted molar refractivity (Wildman–Crippen MR) is 132 cm³/mol. The van der Waals surface area contributed by atoms with Crippen molar-refractivity contribution in [3.63, 3.8) is 0 Å². The number of imidazole rings is 1. The molecule has 7 heterocycles. The molecule has 172 valence electrons. The van der Waals surface area contributed by atoms with Crippen LogP contribution in [-0.4, -0.2) is 63.8 Å². The van der Waals surface area contributed by atoms with E-state index in [1.807, 2.05) is 36.1 Å². The molecule has 6 aromatic heterocycles. The molecular formula is C24H21N11. The average Bonchev–Trinajstić information content (AvgIpc) is 3.59. The van der Waals surface area contributed by atoms with Crippen molar-refractivity contribution in [3.8, 4) is 28.5 Å². The van der Waals surface area contributed by atoms with Crippen LogP contribution in [0.5, 0.6) is 0 Å². The Morgan fingerprint density at radius 3 is 2.66 bits per heavy atom. The summed E-state index contributed by atoms with van der Waals surface area (Å²) in [5.74, 6) is 0.809. The van der Waals surface area contributed by atoms with Crippen molar-refractivity contribution in [3.05, 3.63) is 61.3 Å². The second-order valence-electron chi connectivity index (χ2n) is 8.84. The first-order valence-corrected chi connectivity index (χ1v) is 11.3. The van der Waals surface area contributed by atoms with Crippen LogP contribution in [0.2, 0.25) is 0 Å². The molecule has 4 N–H and O–H groups in total. The number of nitrogens with two attached hydrogens (primary N) is 1. The molecule has 7 rings (SSSR count). The van der Waals surface area contributed by atoms with E-state index in [9.17, 15) is 0 Å². The summed E-state index contributed by atoms with van der Waals surface area (Å²) in [6.07, 6.45) is 12.7. The van der Waals surface area contributed by atoms with Crippen molar-refractivity contribution in [1.82, 2.24) is 44.7 Å². The Balaban J connectivity index is 1.31. The summed E-state index contributed by atoms with van der Waals surface area (Å²) in [5.41, 5.74) is 12.7. The highest BCUT2D eigenvalue weighted by Gasteiger charge is 2.25. The lowest BCUT2D eigenvalue weighted by atomic mass is 10.1. The first kappa shape index (κ1) is 19.8. The molecule has 1 saturated heterocycles. The fourth-order valence-electron chi connectivity index (χ4n) is 4.52. The van der Waals surface area contributed by atoms with E-state index in [1.165, 1.54) is 0 Å². The Kier molecular flexibility index (Phi) is 4.20. The number of hydrogen-bond donors (Lipinski definition) is 3. The third-order valence-corrected chi connectivity index (χ3v) is 6.33. The van der Waals surface area contributed by atoms with E-state index in [2.05, 4.69) is 46.1 Å². The minimum atomic E-state index is 0.188. The molecule has 0 aromatic carbocycles. The molecular weight excluding hydrogens is 442 g/mol. The number of aryl methyl sites for hydroxylation is 1. The van der Waals surface area contributed by atoms with Crippen molar-refractivity contribution >= 4 is 27.6 Å². The minimum absolute atomic E-state index is 0.188. The zero-order valence-electron chi connectivity index (χ0n) is 18.8. The summed E-state index contributed by atoms with van der Waals surface area (Å²) < 4.78 is 1.98. The highest BCUT2D eigenvalue weighted by Crippen LogP contribution is 2.32. The van der Waals surface area contributed by atoms with E-state index in [-0.39, 0.29) is 6.04 Å². The van der Waals surface area contributed by atoms with Gasteiger partial charge in [0, 0.05) is 36.1 Å². The van der Waals surface area contributed by atoms with Gasteiger partial charge in [-0.05, 0) is 19.1 Å². The number of fused-ring (bicyclic) bond motifs is 2. The van der Waals surface area contributed by atoms with Gasteiger partial charge in [0.25, 0.3) is 0 Å². The number of nitrogens with one attached hydrogen (secondary N) is 2. The van der Waals surface area contributed by atoms with Gasteiger partial charge in [0.05, 0.1) is 71.1 Å². The zero-order chi connectivity index (χ0) is 23.5. The van der Waals surface area contributed by atoms with Crippen LogP contribution in [0.4, 0.5) is 5.82 Å². The van der Waals surface area contributed by atoms with E-state index >= 15 is 0 Å². The molecule has 11 heteroatoms. The minimum Gasteiger partial charge on any atom is -0.352 e. The Hall–Kier alpha value is -4.64. The highest BCUT2D eigenvalue weighted by atomic mass is 15.3. The number of rotatable bonds is 4. The van der Waals surface area contributed by atoms with E-state index in [1.54, 1.807) is 24.9 Å². The Labute approximate surface area is 199 Å². The second kappa shape index (κ2) is 7.43. The molecule has 0 radical (unpaired) electrons. The van der Waals surface area contributed by atoms with Gasteiger partial charge in [-0.15, -0.1) is 0 Å². The molecule has 0 atom stereocenters. The van der Waals surface area contributed by atoms with Crippen molar-refractivity contribution in [2.45, 2.75) is 13.0 Å². The molecule has 1 aliphatic heterocycles. The third kappa shape index (κ3) is 3.24. The van der Waals surface area contributed by atoms with Crippen molar-refractivity contribution < 1.29 is 0 Å². The number of nitrogens with zero attached hydrogens (tertiary/aromatic N) is 8. The summed E-state index contributed by atoms with van der Waals surface area (Å²) in [6.45, 7) is 3.53. The number of aromatic nitrogens is 9. The number of pyridine rings is 2. The van der Waals surface area contributed by atoms with Crippen LogP contribution < -0.4 is 10.6 Å². The van der Waals surface area contributed by atoms with E-state index in [0.717, 1.165) is 69.2 Å². The predicted octanol–water partition coefficient (Wildman–Crippen LogP) is 2.60. The van der Waals surface area contributed by atoms with Crippen molar-refractivity contribution in [1.29, 1.82) is 0 Å². The fraction of sp³-hybridized carbons (Fsp3) is 0.167. The van der Waals surface area contributed by atoms with Gasteiger partial charge in [-0.2, -0.15) is 5.10 Å². The van der Waals surface area contributed by atoms with Gasteiger partial charge in [-0.3, -0.25) is 20.1 Å². The Bertz CT molecular complexity index is 1700. The van der Waals surface area contributed by atoms with Crippen LogP contribution in [0.3, 0.4) is 0 Å². The SMILES string of the molecule is Cc1cn(-c2cncc3[nH]c(-c4n[nH]c5cnc(-c6cncc(N7CC(N)C7)n6)cc45)cc23)cn1. The first-order chi connectivity index (χ1) is 17.1. The third-order valence-electron chi connectivity index (χ3n) is 6.33. The van der Waals surface area contributed by atoms with E-state index < -0.39 is 0 Å². The van der Waals surface area contributed by atoms with Crippen LogP contribution in [-0.2, 0) is 0 Å². The molecule has 0 amide bonds. The van der Waals surface area contributed by atoms with Gasteiger partial charge in [0.15, 0.2) is 0 Å². The van der Waals surface area contributed by atoms with Gasteiger partial charge >= 0.3 is 0 Å². The molecule has 1 aliphatic rings. The molecule has 11 nitrogen and oxygen atoms in total. The molecule has 1 fully saturated rings. The smallest absolute Gasteiger partial charge is 0.147 e.